The van der Waals surface area contributed by atoms with Crippen LogP contribution in [0, 0.1) is 18.7 Å². The van der Waals surface area contributed by atoms with E-state index < -0.39 is 5.82 Å². The van der Waals surface area contributed by atoms with E-state index in [4.69, 9.17) is 0 Å². The van der Waals surface area contributed by atoms with Crippen molar-refractivity contribution >= 4 is 33.7 Å². The van der Waals surface area contributed by atoms with Gasteiger partial charge in [0.25, 0.3) is 0 Å². The number of anilines is 1. The van der Waals surface area contributed by atoms with Gasteiger partial charge in [0.15, 0.2) is 11.5 Å². The fraction of sp³-hybridized carbons (Fsp3) is 0.185. The van der Waals surface area contributed by atoms with Crippen molar-refractivity contribution in [2.75, 3.05) is 5.32 Å². The molecule has 0 atom stereocenters. The van der Waals surface area contributed by atoms with Crippen LogP contribution in [0.25, 0.3) is 50.4 Å². The summed E-state index contributed by atoms with van der Waals surface area (Å²) in [4.78, 5) is 33.0. The van der Waals surface area contributed by atoms with Gasteiger partial charge in [-0.25, -0.2) is 19.3 Å². The molecule has 3 N–H and O–H groups in total. The Balaban J connectivity index is 1.42. The number of benzene rings is 1. The Morgan fingerprint density at radius 2 is 2.05 bits per heavy atom. The molecule has 0 aliphatic carbocycles. The number of rotatable bonds is 6. The predicted molar refractivity (Wildman–Crippen MR) is 142 cm³/mol. The number of hydrogen-bond donors (Lipinski definition) is 3. The molecule has 0 fully saturated rings. The largest absolute Gasteiger partial charge is 0.333 e. The molecule has 38 heavy (non-hydrogen) atoms. The van der Waals surface area contributed by atoms with Crippen LogP contribution in [0.3, 0.4) is 0 Å². The summed E-state index contributed by atoms with van der Waals surface area (Å²) >= 11 is 0. The summed E-state index contributed by atoms with van der Waals surface area (Å²) < 4.78 is 17.9. The zero-order valence-electron chi connectivity index (χ0n) is 21.0. The number of amides is 1. The average Bonchev–Trinajstić information content (AvgIpc) is 3.61. The Kier molecular flexibility index (Phi) is 5.67. The van der Waals surface area contributed by atoms with Gasteiger partial charge in [-0.05, 0) is 37.1 Å². The Morgan fingerprint density at radius 1 is 1.18 bits per heavy atom. The van der Waals surface area contributed by atoms with Crippen molar-refractivity contribution in [3.63, 3.8) is 0 Å². The van der Waals surface area contributed by atoms with Gasteiger partial charge in [0, 0.05) is 36.1 Å². The molecule has 0 radical (unpaired) electrons. The number of pyridine rings is 2. The van der Waals surface area contributed by atoms with E-state index in [0.717, 1.165) is 11.4 Å². The summed E-state index contributed by atoms with van der Waals surface area (Å²) in [6, 6.07) is 6.98. The van der Waals surface area contributed by atoms with Crippen molar-refractivity contribution in [3.05, 3.63) is 66.9 Å². The zero-order chi connectivity index (χ0) is 26.4. The molecule has 0 aliphatic heterocycles. The Bertz CT molecular complexity index is 1810. The number of nitrogens with zero attached hydrogens (tertiary/aromatic N) is 6. The lowest BCUT2D eigenvalue weighted by Crippen LogP contribution is -2.14. The monoisotopic (exact) mass is 509 g/mol. The van der Waals surface area contributed by atoms with E-state index in [0.29, 0.717) is 51.4 Å². The minimum absolute atomic E-state index is 0.115. The summed E-state index contributed by atoms with van der Waals surface area (Å²) in [5, 5.41) is 10.4. The van der Waals surface area contributed by atoms with Crippen molar-refractivity contribution in [3.8, 4) is 28.3 Å². The quantitative estimate of drug-likeness (QED) is 0.284. The van der Waals surface area contributed by atoms with Gasteiger partial charge in [-0.3, -0.25) is 14.9 Å². The molecule has 0 spiro atoms. The summed E-state index contributed by atoms with van der Waals surface area (Å²) in [6.07, 6.45) is 8.78. The maximum atomic E-state index is 16.1. The van der Waals surface area contributed by atoms with E-state index in [1.54, 1.807) is 43.1 Å². The second kappa shape index (κ2) is 9.18. The van der Waals surface area contributed by atoms with E-state index in [1.807, 2.05) is 37.6 Å². The highest BCUT2D eigenvalue weighted by Crippen LogP contribution is 2.34. The molecule has 0 aliphatic rings. The van der Waals surface area contributed by atoms with E-state index in [-0.39, 0.29) is 17.2 Å². The third-order valence-electron chi connectivity index (χ3n) is 6.18. The summed E-state index contributed by atoms with van der Waals surface area (Å²) in [5.74, 6) is 0.0132. The van der Waals surface area contributed by atoms with E-state index in [9.17, 15) is 4.79 Å². The highest BCUT2D eigenvalue weighted by atomic mass is 19.1. The Labute approximate surface area is 216 Å². The first-order valence-corrected chi connectivity index (χ1v) is 12.2. The van der Waals surface area contributed by atoms with Gasteiger partial charge in [-0.15, -0.1) is 0 Å². The van der Waals surface area contributed by atoms with Crippen LogP contribution < -0.4 is 5.32 Å². The first kappa shape index (κ1) is 23.5. The topological polar surface area (TPSA) is 130 Å². The first-order valence-electron chi connectivity index (χ1n) is 12.2. The van der Waals surface area contributed by atoms with Crippen molar-refractivity contribution in [1.82, 2.24) is 39.7 Å². The summed E-state index contributed by atoms with van der Waals surface area (Å²) in [7, 11) is 0. The molecule has 0 saturated carbocycles. The van der Waals surface area contributed by atoms with Crippen LogP contribution in [0.5, 0.6) is 0 Å². The standard InChI is InChI=1S/C27H24FN9O/c1-14(2)8-21(38)32-17-9-16(10-29-11-17)18-4-5-19-22(23(18)28)25(36-35-19)27-33-24-20(6-7-30-26(24)34-27)37-12-15(3)31-13-37/h4-7,9-14H,8H2,1-3H3,(H,32,38)(H,35,36)(H,30,33,34). The molecular weight excluding hydrogens is 485 g/mol. The fourth-order valence-corrected chi connectivity index (χ4v) is 4.48. The SMILES string of the molecule is Cc1cn(-c2ccnc3nc(-c4n[nH]c5ccc(-c6cncc(NC(=O)CC(C)C)c6)c(F)c45)[nH]c23)cn1. The van der Waals surface area contributed by atoms with Gasteiger partial charge in [-0.2, -0.15) is 5.10 Å². The second-order valence-corrected chi connectivity index (χ2v) is 9.57. The molecule has 6 aromatic rings. The van der Waals surface area contributed by atoms with Gasteiger partial charge >= 0.3 is 0 Å². The lowest BCUT2D eigenvalue weighted by molar-refractivity contribution is -0.116. The lowest BCUT2D eigenvalue weighted by atomic mass is 10.0. The smallest absolute Gasteiger partial charge is 0.224 e. The van der Waals surface area contributed by atoms with Gasteiger partial charge < -0.3 is 14.9 Å². The first-order chi connectivity index (χ1) is 18.4. The van der Waals surface area contributed by atoms with Gasteiger partial charge in [0.1, 0.15) is 17.0 Å². The molecule has 0 bridgehead atoms. The number of hydrogen-bond acceptors (Lipinski definition) is 6. The number of imidazole rings is 2. The number of aromatic amines is 2. The highest BCUT2D eigenvalue weighted by Gasteiger charge is 2.21. The molecule has 0 unspecified atom stereocenters. The maximum Gasteiger partial charge on any atom is 0.224 e. The van der Waals surface area contributed by atoms with Gasteiger partial charge in [0.05, 0.1) is 40.5 Å². The minimum Gasteiger partial charge on any atom is -0.333 e. The molecule has 10 nitrogen and oxygen atoms in total. The van der Waals surface area contributed by atoms with Crippen molar-refractivity contribution in [1.29, 1.82) is 0 Å². The molecule has 190 valence electrons. The summed E-state index contributed by atoms with van der Waals surface area (Å²) in [6.45, 7) is 5.85. The van der Waals surface area contributed by atoms with E-state index in [2.05, 4.69) is 40.4 Å². The van der Waals surface area contributed by atoms with Crippen LogP contribution in [0.2, 0.25) is 0 Å². The number of carbonyl (C=O) groups is 1. The minimum atomic E-state index is -0.474. The molecule has 11 heteroatoms. The van der Waals surface area contributed by atoms with Crippen LogP contribution in [0.1, 0.15) is 26.0 Å². The lowest BCUT2D eigenvalue weighted by Gasteiger charge is -2.09. The Morgan fingerprint density at radius 3 is 2.84 bits per heavy atom. The normalized spacial score (nSPS) is 11.6. The number of carbonyl (C=O) groups excluding carboxylic acids is 1. The van der Waals surface area contributed by atoms with Crippen LogP contribution in [-0.4, -0.2) is 45.6 Å². The molecular formula is C27H24FN9O. The van der Waals surface area contributed by atoms with Crippen molar-refractivity contribution in [2.45, 2.75) is 27.2 Å². The zero-order valence-corrected chi connectivity index (χ0v) is 21.0. The van der Waals surface area contributed by atoms with Gasteiger partial charge in [0.2, 0.25) is 5.91 Å². The molecule has 1 amide bonds. The van der Waals surface area contributed by atoms with E-state index in [1.165, 1.54) is 0 Å². The third kappa shape index (κ3) is 4.17. The summed E-state index contributed by atoms with van der Waals surface area (Å²) in [5.41, 5.74) is 5.07. The number of aromatic nitrogens is 8. The number of fused-ring (bicyclic) bond motifs is 2. The van der Waals surface area contributed by atoms with Crippen LogP contribution in [0.4, 0.5) is 10.1 Å². The maximum absolute atomic E-state index is 16.1. The van der Waals surface area contributed by atoms with Gasteiger partial charge in [-0.1, -0.05) is 13.8 Å². The van der Waals surface area contributed by atoms with Crippen LogP contribution in [-0.2, 0) is 4.79 Å². The fourth-order valence-electron chi connectivity index (χ4n) is 4.48. The Hall–Kier alpha value is -4.93. The van der Waals surface area contributed by atoms with E-state index >= 15 is 4.39 Å². The number of nitrogens with one attached hydrogen (secondary N) is 3. The molecule has 1 aromatic carbocycles. The number of halogens is 1. The molecule has 0 saturated heterocycles. The van der Waals surface area contributed by atoms with Crippen molar-refractivity contribution < 1.29 is 9.18 Å². The predicted octanol–water partition coefficient (Wildman–Crippen LogP) is 5.18. The molecule has 5 aromatic heterocycles. The third-order valence-corrected chi connectivity index (χ3v) is 6.18. The highest BCUT2D eigenvalue weighted by molar-refractivity contribution is 5.97. The molecule has 5 heterocycles. The second-order valence-electron chi connectivity index (χ2n) is 9.57. The van der Waals surface area contributed by atoms with Crippen molar-refractivity contribution in [2.24, 2.45) is 5.92 Å². The van der Waals surface area contributed by atoms with Crippen LogP contribution in [0.15, 0.2) is 55.4 Å². The number of aryl methyl sites for hydroxylation is 1. The number of H-pyrrole nitrogens is 2. The average molecular weight is 510 g/mol. The molecule has 6 rings (SSSR count). The van der Waals surface area contributed by atoms with Crippen LogP contribution >= 0.6 is 0 Å².